The maximum atomic E-state index is 12.1. The Kier molecular flexibility index (Phi) is 2.98. The fraction of sp³-hybridized carbons (Fsp3) is 0.385. The zero-order valence-corrected chi connectivity index (χ0v) is 10.9. The molecule has 0 spiro atoms. The van der Waals surface area contributed by atoms with Crippen LogP contribution in [0.5, 0.6) is 0 Å². The van der Waals surface area contributed by atoms with Crippen molar-refractivity contribution in [1.82, 2.24) is 14.8 Å². The van der Waals surface area contributed by atoms with E-state index >= 15 is 0 Å². The summed E-state index contributed by atoms with van der Waals surface area (Å²) in [5, 5.41) is 4.11. The monoisotopic (exact) mass is 245 g/mol. The van der Waals surface area contributed by atoms with Crippen molar-refractivity contribution < 1.29 is 9.59 Å². The number of Topliss-reactive ketones (excluding diaryl/α,β-unsaturated/α-hetero) is 2. The number of rotatable bonds is 1. The summed E-state index contributed by atoms with van der Waals surface area (Å²) in [5.74, 6) is 1.16. The van der Waals surface area contributed by atoms with Crippen LogP contribution in [0.2, 0.25) is 0 Å². The van der Waals surface area contributed by atoms with Gasteiger partial charge in [0.25, 0.3) is 0 Å². The molecule has 0 N–H and O–H groups in total. The molecule has 1 aromatic heterocycles. The van der Waals surface area contributed by atoms with Crippen LogP contribution in [0.4, 0.5) is 0 Å². The highest BCUT2D eigenvalue weighted by Crippen LogP contribution is 2.24. The van der Waals surface area contributed by atoms with E-state index in [1.807, 2.05) is 0 Å². The van der Waals surface area contributed by atoms with E-state index in [-0.39, 0.29) is 18.0 Å². The number of aryl methyl sites for hydroxylation is 2. The van der Waals surface area contributed by atoms with Crippen molar-refractivity contribution in [2.75, 3.05) is 0 Å². The van der Waals surface area contributed by atoms with Crippen LogP contribution in [-0.2, 0) is 16.6 Å². The Morgan fingerprint density at radius 2 is 1.83 bits per heavy atom. The summed E-state index contributed by atoms with van der Waals surface area (Å²) in [6.45, 7) is 5.16. The molecule has 1 aromatic rings. The van der Waals surface area contributed by atoms with E-state index in [9.17, 15) is 9.59 Å². The summed E-state index contributed by atoms with van der Waals surface area (Å²) in [6, 6.07) is 0. The second-order valence-electron chi connectivity index (χ2n) is 4.49. The maximum absolute atomic E-state index is 12.1. The van der Waals surface area contributed by atoms with E-state index in [1.165, 1.54) is 0 Å². The number of ketones is 2. The Balaban J connectivity index is 2.44. The molecule has 0 radical (unpaired) electrons. The van der Waals surface area contributed by atoms with Crippen molar-refractivity contribution >= 4 is 17.6 Å². The van der Waals surface area contributed by atoms with Gasteiger partial charge in [0.2, 0.25) is 0 Å². The molecule has 0 fully saturated rings. The first-order chi connectivity index (χ1) is 8.40. The molecule has 94 valence electrons. The molecule has 0 saturated heterocycles. The standard InChI is InChI=1S/C13H15N3O2/c1-7-8(2)13(18)10(5-11(7)17)6-12-14-9(3)15-16(12)4/h6H,5H2,1-4H3. The highest BCUT2D eigenvalue weighted by Gasteiger charge is 2.25. The minimum absolute atomic E-state index is 0.00256. The second kappa shape index (κ2) is 4.33. The highest BCUT2D eigenvalue weighted by molar-refractivity contribution is 6.21. The zero-order chi connectivity index (χ0) is 13.4. The lowest BCUT2D eigenvalue weighted by atomic mass is 9.87. The van der Waals surface area contributed by atoms with Crippen molar-refractivity contribution in [3.8, 4) is 0 Å². The summed E-state index contributed by atoms with van der Waals surface area (Å²) in [6.07, 6.45) is 1.80. The van der Waals surface area contributed by atoms with Crippen molar-refractivity contribution in [1.29, 1.82) is 0 Å². The highest BCUT2D eigenvalue weighted by atomic mass is 16.1. The molecule has 0 saturated carbocycles. The van der Waals surface area contributed by atoms with Gasteiger partial charge in [-0.3, -0.25) is 9.59 Å². The first-order valence-electron chi connectivity index (χ1n) is 5.73. The van der Waals surface area contributed by atoms with Crippen LogP contribution >= 0.6 is 0 Å². The lowest BCUT2D eigenvalue weighted by Crippen LogP contribution is -2.19. The lowest BCUT2D eigenvalue weighted by Gasteiger charge is -2.15. The topological polar surface area (TPSA) is 64.8 Å². The molecule has 0 aliphatic heterocycles. The van der Waals surface area contributed by atoms with Crippen LogP contribution in [0.3, 0.4) is 0 Å². The number of aromatic nitrogens is 3. The van der Waals surface area contributed by atoms with E-state index < -0.39 is 0 Å². The molecule has 0 amide bonds. The quantitative estimate of drug-likeness (QED) is 0.701. The van der Waals surface area contributed by atoms with Crippen molar-refractivity contribution in [2.24, 2.45) is 7.05 Å². The Hall–Kier alpha value is -2.04. The number of carbonyl (C=O) groups excluding carboxylic acids is 2. The molecule has 1 aliphatic rings. The van der Waals surface area contributed by atoms with Gasteiger partial charge < -0.3 is 0 Å². The number of hydrogen-bond acceptors (Lipinski definition) is 4. The van der Waals surface area contributed by atoms with Crippen LogP contribution in [0.15, 0.2) is 16.7 Å². The number of nitrogens with zero attached hydrogens (tertiary/aromatic N) is 3. The molecule has 5 heteroatoms. The van der Waals surface area contributed by atoms with E-state index in [1.54, 1.807) is 38.6 Å². The minimum Gasteiger partial charge on any atom is -0.294 e. The Labute approximate surface area is 105 Å². The third-order valence-corrected chi connectivity index (χ3v) is 3.17. The molecular weight excluding hydrogens is 230 g/mol. The summed E-state index contributed by atoms with van der Waals surface area (Å²) < 4.78 is 1.60. The Morgan fingerprint density at radius 3 is 2.39 bits per heavy atom. The molecule has 18 heavy (non-hydrogen) atoms. The largest absolute Gasteiger partial charge is 0.294 e. The van der Waals surface area contributed by atoms with E-state index in [4.69, 9.17) is 0 Å². The average molecular weight is 245 g/mol. The second-order valence-corrected chi connectivity index (χ2v) is 4.49. The van der Waals surface area contributed by atoms with E-state index in [2.05, 4.69) is 10.1 Å². The third kappa shape index (κ3) is 2.03. The van der Waals surface area contributed by atoms with Gasteiger partial charge in [-0.2, -0.15) is 5.10 Å². The molecule has 0 atom stereocenters. The van der Waals surface area contributed by atoms with Crippen molar-refractivity contribution in [2.45, 2.75) is 27.2 Å². The molecule has 1 aliphatic carbocycles. The summed E-state index contributed by atoms with van der Waals surface area (Å²) in [5.41, 5.74) is 1.57. The molecule has 5 nitrogen and oxygen atoms in total. The smallest absolute Gasteiger partial charge is 0.185 e. The number of hydrogen-bond donors (Lipinski definition) is 0. The van der Waals surface area contributed by atoms with Gasteiger partial charge >= 0.3 is 0 Å². The first kappa shape index (κ1) is 12.4. The van der Waals surface area contributed by atoms with Gasteiger partial charge in [0, 0.05) is 24.6 Å². The van der Waals surface area contributed by atoms with Crippen molar-refractivity contribution in [3.05, 3.63) is 28.4 Å². The minimum atomic E-state index is -0.0762. The predicted molar refractivity (Wildman–Crippen MR) is 66.7 cm³/mol. The molecule has 0 unspecified atom stereocenters. The van der Waals surface area contributed by atoms with E-state index in [0.717, 1.165) is 0 Å². The zero-order valence-electron chi connectivity index (χ0n) is 10.9. The van der Waals surface area contributed by atoms with Gasteiger partial charge in [-0.25, -0.2) is 9.67 Å². The molecule has 1 heterocycles. The van der Waals surface area contributed by atoms with Crippen molar-refractivity contribution in [3.63, 3.8) is 0 Å². The van der Waals surface area contributed by atoms with Gasteiger partial charge in [0.1, 0.15) is 5.82 Å². The van der Waals surface area contributed by atoms with Crippen LogP contribution in [0, 0.1) is 6.92 Å². The van der Waals surface area contributed by atoms with Gasteiger partial charge in [0.05, 0.1) is 0 Å². The lowest BCUT2D eigenvalue weighted by molar-refractivity contribution is -0.119. The number of allylic oxidation sites excluding steroid dienone is 3. The normalized spacial score (nSPS) is 19.0. The van der Waals surface area contributed by atoms with Gasteiger partial charge in [-0.1, -0.05) is 0 Å². The molecular formula is C13H15N3O2. The van der Waals surface area contributed by atoms with Crippen LogP contribution in [0.25, 0.3) is 6.08 Å². The number of carbonyl (C=O) groups is 2. The SMILES string of the molecule is CC1=C(C)C(=O)C(=Cc2nc(C)nn2C)CC1=O. The van der Waals surface area contributed by atoms with Crippen LogP contribution < -0.4 is 0 Å². The predicted octanol–water partition coefficient (Wildman–Crippen LogP) is 1.39. The van der Waals surface area contributed by atoms with Crippen LogP contribution in [0.1, 0.15) is 31.9 Å². The molecule has 2 rings (SSSR count). The molecule has 0 aromatic carbocycles. The third-order valence-electron chi connectivity index (χ3n) is 3.17. The average Bonchev–Trinajstić information content (AvgIpc) is 2.62. The summed E-state index contributed by atoms with van der Waals surface area (Å²) in [4.78, 5) is 28.0. The van der Waals surface area contributed by atoms with Gasteiger partial charge in [0.15, 0.2) is 17.4 Å². The van der Waals surface area contributed by atoms with Crippen LogP contribution in [-0.4, -0.2) is 26.3 Å². The van der Waals surface area contributed by atoms with Gasteiger partial charge in [-0.15, -0.1) is 0 Å². The Bertz CT molecular complexity index is 606. The first-order valence-corrected chi connectivity index (χ1v) is 5.73. The molecule has 0 bridgehead atoms. The fourth-order valence-electron chi connectivity index (χ4n) is 1.93. The van der Waals surface area contributed by atoms with Gasteiger partial charge in [-0.05, 0) is 32.4 Å². The summed E-state index contributed by atoms with van der Waals surface area (Å²) in [7, 11) is 1.76. The summed E-state index contributed by atoms with van der Waals surface area (Å²) >= 11 is 0. The Morgan fingerprint density at radius 1 is 1.17 bits per heavy atom. The fourth-order valence-corrected chi connectivity index (χ4v) is 1.93. The van der Waals surface area contributed by atoms with E-state index in [0.29, 0.717) is 28.4 Å². The maximum Gasteiger partial charge on any atom is 0.185 e.